The first-order valence-electron chi connectivity index (χ1n) is 15.9. The van der Waals surface area contributed by atoms with Gasteiger partial charge >= 0.3 is 11.9 Å². The maximum absolute atomic E-state index is 14.8. The lowest BCUT2D eigenvalue weighted by molar-refractivity contribution is -0.162. The van der Waals surface area contributed by atoms with Crippen LogP contribution >= 0.6 is 11.3 Å². The maximum atomic E-state index is 14.8. The summed E-state index contributed by atoms with van der Waals surface area (Å²) in [6, 6.07) is 1.86. The number of aliphatic carboxylic acids is 1. The van der Waals surface area contributed by atoms with E-state index in [0.29, 0.717) is 30.0 Å². The minimum Gasteiger partial charge on any atom is -0.481 e. The number of anilines is 1. The van der Waals surface area contributed by atoms with E-state index in [0.717, 1.165) is 50.7 Å². The smallest absolute Gasteiger partial charge is 0.311 e. The van der Waals surface area contributed by atoms with Crippen LogP contribution in [0.5, 0.6) is 0 Å². The average molecular weight is 684 g/mol. The van der Waals surface area contributed by atoms with Crippen LogP contribution in [0.3, 0.4) is 0 Å². The maximum Gasteiger partial charge on any atom is 0.311 e. The Labute approximate surface area is 278 Å². The Morgan fingerprint density at radius 1 is 1.02 bits per heavy atom. The van der Waals surface area contributed by atoms with Gasteiger partial charge in [-0.3, -0.25) is 19.1 Å². The highest BCUT2D eigenvalue weighted by Gasteiger charge is 2.37. The van der Waals surface area contributed by atoms with E-state index in [9.17, 15) is 28.3 Å². The molecule has 48 heavy (non-hydrogen) atoms. The summed E-state index contributed by atoms with van der Waals surface area (Å²) in [5, 5.41) is 23.0. The van der Waals surface area contributed by atoms with Gasteiger partial charge in [0.25, 0.3) is 5.91 Å². The number of nitrogens with one attached hydrogen (secondary N) is 1. The third-order valence-corrected chi connectivity index (χ3v) is 9.67. The van der Waals surface area contributed by atoms with Crippen LogP contribution in [-0.4, -0.2) is 65.2 Å². The molecule has 0 aliphatic heterocycles. The quantitative estimate of drug-likeness (QED) is 0.148. The van der Waals surface area contributed by atoms with Crippen LogP contribution in [0.15, 0.2) is 36.1 Å². The summed E-state index contributed by atoms with van der Waals surface area (Å²) in [7, 11) is 0. The number of rotatable bonds is 11. The second-order valence-corrected chi connectivity index (χ2v) is 12.8. The summed E-state index contributed by atoms with van der Waals surface area (Å²) < 4.78 is 43.1. The highest BCUT2D eigenvalue weighted by atomic mass is 32.1. The van der Waals surface area contributed by atoms with E-state index >= 15 is 0 Å². The Kier molecular flexibility index (Phi) is 10.2. The summed E-state index contributed by atoms with van der Waals surface area (Å²) in [5.74, 6) is -5.26. The molecular weight excluding hydrogens is 648 g/mol. The minimum atomic E-state index is -0.996. The number of carboxylic acid groups (broad SMARTS) is 1. The molecular formula is C32H35F2N7O6S. The molecule has 0 spiro atoms. The molecule has 4 aromatic heterocycles. The molecule has 1 amide bonds. The summed E-state index contributed by atoms with van der Waals surface area (Å²) >= 11 is 1.19. The van der Waals surface area contributed by atoms with Gasteiger partial charge in [-0.1, -0.05) is 12.8 Å². The van der Waals surface area contributed by atoms with E-state index < -0.39 is 41.4 Å². The van der Waals surface area contributed by atoms with Crippen molar-refractivity contribution in [3.63, 3.8) is 0 Å². The van der Waals surface area contributed by atoms with Gasteiger partial charge < -0.3 is 19.9 Å². The molecule has 4 aromatic rings. The van der Waals surface area contributed by atoms with Crippen LogP contribution in [0.2, 0.25) is 0 Å². The number of ether oxygens (including phenoxy) is 2. The molecule has 4 heterocycles. The summed E-state index contributed by atoms with van der Waals surface area (Å²) in [5.41, 5.74) is 0.493. The van der Waals surface area contributed by atoms with Crippen LogP contribution in [0, 0.1) is 23.6 Å². The number of nitrogens with zero attached hydrogens (tertiary/aromatic N) is 6. The zero-order valence-electron chi connectivity index (χ0n) is 26.2. The highest BCUT2D eigenvalue weighted by Crippen LogP contribution is 2.35. The van der Waals surface area contributed by atoms with Crippen molar-refractivity contribution < 1.29 is 37.7 Å². The second-order valence-electron chi connectivity index (χ2n) is 11.9. The topological polar surface area (TPSA) is 163 Å². The van der Waals surface area contributed by atoms with E-state index in [-0.39, 0.29) is 41.6 Å². The Bertz CT molecular complexity index is 1780. The molecule has 13 nitrogen and oxygen atoms in total. The number of halogens is 2. The number of hydrogen-bond acceptors (Lipinski definition) is 10. The van der Waals surface area contributed by atoms with Crippen LogP contribution in [0.1, 0.15) is 74.8 Å². The third kappa shape index (κ3) is 7.44. The highest BCUT2D eigenvalue weighted by molar-refractivity contribution is 7.13. The molecule has 2 aliphatic rings. The fraction of sp³-hybridized carbons (Fsp3) is 0.469. The third-order valence-electron chi connectivity index (χ3n) is 8.78. The van der Waals surface area contributed by atoms with Gasteiger partial charge in [-0.15, -0.1) is 11.3 Å². The lowest BCUT2D eigenvalue weighted by Crippen LogP contribution is -2.34. The van der Waals surface area contributed by atoms with Crippen molar-refractivity contribution in [2.45, 2.75) is 77.2 Å². The van der Waals surface area contributed by atoms with E-state index in [2.05, 4.69) is 25.5 Å². The van der Waals surface area contributed by atoms with Gasteiger partial charge in [-0.2, -0.15) is 14.6 Å². The first-order valence-corrected chi connectivity index (χ1v) is 16.8. The largest absolute Gasteiger partial charge is 0.481 e. The molecule has 2 fully saturated rings. The van der Waals surface area contributed by atoms with Gasteiger partial charge in [0.1, 0.15) is 22.1 Å². The first kappa shape index (κ1) is 33.3. The number of carbonyl (C=O) groups excluding carboxylic acids is 2. The van der Waals surface area contributed by atoms with Crippen molar-refractivity contribution >= 4 is 34.9 Å². The molecule has 2 saturated carbocycles. The summed E-state index contributed by atoms with van der Waals surface area (Å²) in [4.78, 5) is 45.7. The fourth-order valence-corrected chi connectivity index (χ4v) is 7.10. The van der Waals surface area contributed by atoms with E-state index in [1.165, 1.54) is 22.2 Å². The van der Waals surface area contributed by atoms with Crippen molar-refractivity contribution in [1.29, 1.82) is 0 Å². The van der Waals surface area contributed by atoms with Gasteiger partial charge in [0.15, 0.2) is 12.5 Å². The van der Waals surface area contributed by atoms with Crippen LogP contribution in [0.4, 0.5) is 14.5 Å². The number of esters is 1. The SMILES string of the molecule is CCO[C@H]1CC[C@H](n2cc(NC(=O)c3csc(-c4cnn(COC(=O)[C@@H]5CCCC[C@H]5C(=O)O)c4)n3)c(-c3nc(F)ccc3F)n2)CC1. The first-order chi connectivity index (χ1) is 23.2. The zero-order valence-corrected chi connectivity index (χ0v) is 27.0. The summed E-state index contributed by atoms with van der Waals surface area (Å²) in [6.07, 6.45) is 10.5. The molecule has 6 rings (SSSR count). The number of aromatic nitrogens is 6. The standard InChI is InChI=1S/C32H35F2N7O6S/c1-2-46-20-9-7-19(8-10-20)41-15-24(28(39-41)27-23(33)11-12-26(34)38-27)36-29(42)25-16-48-30(37-25)18-13-35-40(14-18)17-47-32(45)22-6-4-3-5-21(22)31(43)44/h11-16,19-22H,2-10,17H2,1H3,(H,36,42)(H,43,44)/t19-,20-,21-,22-/m1/s1. The Hall–Kier alpha value is -4.57. The molecule has 0 unspecified atom stereocenters. The number of amides is 1. The van der Waals surface area contributed by atoms with Gasteiger partial charge in [0, 0.05) is 29.9 Å². The molecule has 2 atom stereocenters. The molecule has 2 N–H and O–H groups in total. The second kappa shape index (κ2) is 14.7. The Morgan fingerprint density at radius 3 is 2.54 bits per heavy atom. The lowest BCUT2D eigenvalue weighted by atomic mass is 9.79. The predicted molar refractivity (Wildman–Crippen MR) is 169 cm³/mol. The van der Waals surface area contributed by atoms with Crippen molar-refractivity contribution in [2.75, 3.05) is 11.9 Å². The van der Waals surface area contributed by atoms with E-state index in [1.807, 2.05) is 6.92 Å². The van der Waals surface area contributed by atoms with Gasteiger partial charge in [0.2, 0.25) is 5.95 Å². The fourth-order valence-electron chi connectivity index (χ4n) is 6.33. The molecule has 0 bridgehead atoms. The van der Waals surface area contributed by atoms with Crippen molar-refractivity contribution in [3.8, 4) is 22.0 Å². The van der Waals surface area contributed by atoms with Crippen molar-refractivity contribution in [3.05, 3.63) is 53.6 Å². The normalized spacial score (nSPS) is 21.1. The molecule has 16 heteroatoms. The molecule has 0 aromatic carbocycles. The van der Waals surface area contributed by atoms with Gasteiger partial charge in [-0.25, -0.2) is 19.0 Å². The van der Waals surface area contributed by atoms with Gasteiger partial charge in [0.05, 0.1) is 35.9 Å². The number of hydrogen-bond donors (Lipinski definition) is 2. The number of carboxylic acids is 1. The molecule has 254 valence electrons. The lowest BCUT2D eigenvalue weighted by Gasteiger charge is -2.28. The van der Waals surface area contributed by atoms with Crippen LogP contribution in [0.25, 0.3) is 22.0 Å². The molecule has 2 aliphatic carbocycles. The number of pyridine rings is 1. The van der Waals surface area contributed by atoms with Crippen LogP contribution in [-0.2, 0) is 25.8 Å². The molecule has 0 radical (unpaired) electrons. The van der Waals surface area contributed by atoms with Crippen molar-refractivity contribution in [1.82, 2.24) is 29.5 Å². The average Bonchev–Trinajstić information content (AvgIpc) is 3.86. The Morgan fingerprint density at radius 2 is 1.79 bits per heavy atom. The van der Waals surface area contributed by atoms with E-state index in [4.69, 9.17) is 9.47 Å². The van der Waals surface area contributed by atoms with E-state index in [1.54, 1.807) is 22.5 Å². The van der Waals surface area contributed by atoms with Crippen molar-refractivity contribution in [2.24, 2.45) is 11.8 Å². The minimum absolute atomic E-state index is 0.00135. The zero-order chi connectivity index (χ0) is 33.8. The predicted octanol–water partition coefficient (Wildman–Crippen LogP) is 5.71. The molecule has 0 saturated heterocycles. The number of carbonyl (C=O) groups is 3. The number of thiazole rings is 1. The van der Waals surface area contributed by atoms with Gasteiger partial charge in [-0.05, 0) is 57.6 Å². The van der Waals surface area contributed by atoms with Crippen LogP contribution < -0.4 is 5.32 Å². The summed E-state index contributed by atoms with van der Waals surface area (Å²) in [6.45, 7) is 2.39. The Balaban J connectivity index is 1.14. The monoisotopic (exact) mass is 683 g/mol.